The van der Waals surface area contributed by atoms with Crippen LogP contribution in [0.3, 0.4) is 0 Å². The van der Waals surface area contributed by atoms with Crippen molar-refractivity contribution in [2.45, 2.75) is 19.8 Å². The number of hydrogen-bond acceptors (Lipinski definition) is 3. The van der Waals surface area contributed by atoms with E-state index in [9.17, 15) is 4.79 Å². The number of nitrogens with one attached hydrogen (secondary N) is 1. The molecule has 1 aromatic heterocycles. The highest BCUT2D eigenvalue weighted by Crippen LogP contribution is 2.32. The number of ether oxygens (including phenoxy) is 1. The number of thiophene rings is 1. The summed E-state index contributed by atoms with van der Waals surface area (Å²) >= 11 is 1.58. The van der Waals surface area contributed by atoms with Crippen LogP contribution in [0.25, 0.3) is 10.1 Å². The van der Waals surface area contributed by atoms with Crippen molar-refractivity contribution in [3.8, 4) is 0 Å². The predicted octanol–water partition coefficient (Wildman–Crippen LogP) is 3.23. The number of methoxy groups -OCH3 is 1. The first kappa shape index (κ1) is 14.0. The molecule has 0 saturated heterocycles. The lowest BCUT2D eigenvalue weighted by Crippen LogP contribution is -2.26. The highest BCUT2D eigenvalue weighted by Gasteiger charge is 2.16. The van der Waals surface area contributed by atoms with Crippen molar-refractivity contribution in [1.82, 2.24) is 5.32 Å². The zero-order chi connectivity index (χ0) is 13.7. The number of aryl methyl sites for hydroxylation is 1. The molecule has 2 rings (SSSR count). The number of carbonyl (C=O) groups excluding carboxylic acids is 1. The second kappa shape index (κ2) is 6.68. The van der Waals surface area contributed by atoms with Gasteiger partial charge in [-0.05, 0) is 23.4 Å². The highest BCUT2D eigenvalue weighted by molar-refractivity contribution is 7.21. The topological polar surface area (TPSA) is 38.3 Å². The molecule has 2 aromatic rings. The SMILES string of the molecule is CCCc1c(C(=O)NCCOC)sc2ccccc12. The van der Waals surface area contributed by atoms with Crippen LogP contribution in [0.4, 0.5) is 0 Å². The van der Waals surface area contributed by atoms with Gasteiger partial charge in [-0.1, -0.05) is 31.5 Å². The molecule has 19 heavy (non-hydrogen) atoms. The standard InChI is InChI=1S/C15H19NO2S/c1-3-6-12-11-7-4-5-8-13(11)19-14(12)15(17)16-9-10-18-2/h4-5,7-8H,3,6,9-10H2,1-2H3,(H,16,17). The smallest absolute Gasteiger partial charge is 0.261 e. The van der Waals surface area contributed by atoms with Gasteiger partial charge in [0.25, 0.3) is 5.91 Å². The van der Waals surface area contributed by atoms with E-state index in [1.54, 1.807) is 18.4 Å². The first-order valence-corrected chi connectivity index (χ1v) is 7.37. The minimum absolute atomic E-state index is 0.0155. The maximum atomic E-state index is 12.2. The van der Waals surface area contributed by atoms with Crippen LogP contribution in [-0.2, 0) is 11.2 Å². The monoisotopic (exact) mass is 277 g/mol. The average Bonchev–Trinajstić information content (AvgIpc) is 2.79. The van der Waals surface area contributed by atoms with E-state index >= 15 is 0 Å². The van der Waals surface area contributed by atoms with Gasteiger partial charge >= 0.3 is 0 Å². The van der Waals surface area contributed by atoms with Crippen LogP contribution >= 0.6 is 11.3 Å². The van der Waals surface area contributed by atoms with Crippen molar-refractivity contribution < 1.29 is 9.53 Å². The van der Waals surface area contributed by atoms with E-state index in [0.717, 1.165) is 17.7 Å². The molecular formula is C15H19NO2S. The Bertz CT molecular complexity index is 562. The van der Waals surface area contributed by atoms with E-state index in [1.807, 2.05) is 12.1 Å². The summed E-state index contributed by atoms with van der Waals surface area (Å²) in [6.45, 7) is 3.23. The van der Waals surface area contributed by atoms with Crippen LogP contribution in [0.15, 0.2) is 24.3 Å². The Kier molecular flexibility index (Phi) is 4.93. The largest absolute Gasteiger partial charge is 0.383 e. The number of hydrogen-bond donors (Lipinski definition) is 1. The van der Waals surface area contributed by atoms with Gasteiger partial charge in [0, 0.05) is 18.4 Å². The van der Waals surface area contributed by atoms with E-state index < -0.39 is 0 Å². The minimum Gasteiger partial charge on any atom is -0.383 e. The van der Waals surface area contributed by atoms with Gasteiger partial charge in [-0.3, -0.25) is 4.79 Å². The summed E-state index contributed by atoms with van der Waals surface area (Å²) in [5, 5.41) is 4.12. The van der Waals surface area contributed by atoms with Gasteiger partial charge in [0.1, 0.15) is 0 Å². The summed E-state index contributed by atoms with van der Waals surface area (Å²) in [6, 6.07) is 8.22. The van der Waals surface area contributed by atoms with E-state index in [2.05, 4.69) is 24.4 Å². The molecule has 4 heteroatoms. The molecule has 0 unspecified atom stereocenters. The first-order valence-electron chi connectivity index (χ1n) is 6.55. The molecule has 1 heterocycles. The maximum Gasteiger partial charge on any atom is 0.261 e. The molecule has 102 valence electrons. The molecule has 0 radical (unpaired) electrons. The fraction of sp³-hybridized carbons (Fsp3) is 0.400. The third-order valence-corrected chi connectivity index (χ3v) is 4.21. The van der Waals surface area contributed by atoms with E-state index in [4.69, 9.17) is 4.74 Å². The number of fused-ring (bicyclic) bond motifs is 1. The van der Waals surface area contributed by atoms with E-state index in [-0.39, 0.29) is 5.91 Å². The Morgan fingerprint density at radius 1 is 1.37 bits per heavy atom. The molecule has 0 atom stereocenters. The number of carbonyl (C=O) groups is 1. The molecule has 0 spiro atoms. The zero-order valence-corrected chi connectivity index (χ0v) is 12.2. The van der Waals surface area contributed by atoms with Crippen LogP contribution in [-0.4, -0.2) is 26.2 Å². The van der Waals surface area contributed by atoms with Crippen molar-refractivity contribution >= 4 is 27.3 Å². The Balaban J connectivity index is 2.30. The van der Waals surface area contributed by atoms with Gasteiger partial charge in [0.2, 0.25) is 0 Å². The van der Waals surface area contributed by atoms with E-state index in [1.165, 1.54) is 15.6 Å². The summed E-state index contributed by atoms with van der Waals surface area (Å²) in [4.78, 5) is 13.1. The zero-order valence-electron chi connectivity index (χ0n) is 11.4. The van der Waals surface area contributed by atoms with Gasteiger partial charge in [-0.2, -0.15) is 0 Å². The fourth-order valence-corrected chi connectivity index (χ4v) is 3.30. The van der Waals surface area contributed by atoms with Crippen molar-refractivity contribution in [3.63, 3.8) is 0 Å². The van der Waals surface area contributed by atoms with Gasteiger partial charge in [-0.15, -0.1) is 11.3 Å². The van der Waals surface area contributed by atoms with Crippen molar-refractivity contribution in [3.05, 3.63) is 34.7 Å². The fourth-order valence-electron chi connectivity index (χ4n) is 2.13. The van der Waals surface area contributed by atoms with Gasteiger partial charge < -0.3 is 10.1 Å². The molecule has 3 nitrogen and oxygen atoms in total. The first-order chi connectivity index (χ1) is 9.27. The Morgan fingerprint density at radius 2 is 2.16 bits per heavy atom. The van der Waals surface area contributed by atoms with Gasteiger partial charge in [-0.25, -0.2) is 0 Å². The minimum atomic E-state index is 0.0155. The molecule has 0 aliphatic carbocycles. The lowest BCUT2D eigenvalue weighted by Gasteiger charge is -2.05. The molecule has 0 fully saturated rings. The van der Waals surface area contributed by atoms with Gasteiger partial charge in [0.05, 0.1) is 11.5 Å². The Hall–Kier alpha value is -1.39. The molecule has 0 aliphatic heterocycles. The van der Waals surface area contributed by atoms with Gasteiger partial charge in [0.15, 0.2) is 0 Å². The molecule has 0 aliphatic rings. The summed E-state index contributed by atoms with van der Waals surface area (Å²) < 4.78 is 6.14. The normalized spacial score (nSPS) is 10.8. The number of amides is 1. The quantitative estimate of drug-likeness (QED) is 0.823. The van der Waals surface area contributed by atoms with Crippen LogP contribution in [0.2, 0.25) is 0 Å². The molecule has 1 N–H and O–H groups in total. The Morgan fingerprint density at radius 3 is 2.89 bits per heavy atom. The lowest BCUT2D eigenvalue weighted by molar-refractivity contribution is 0.0940. The molecule has 1 amide bonds. The summed E-state index contributed by atoms with van der Waals surface area (Å²) in [5.41, 5.74) is 1.18. The van der Waals surface area contributed by atoms with E-state index in [0.29, 0.717) is 13.2 Å². The Labute approximate surface area is 117 Å². The van der Waals surface area contributed by atoms with Crippen molar-refractivity contribution in [2.24, 2.45) is 0 Å². The number of rotatable bonds is 6. The van der Waals surface area contributed by atoms with Crippen LogP contribution in [0, 0.1) is 0 Å². The third kappa shape index (κ3) is 3.14. The van der Waals surface area contributed by atoms with Crippen molar-refractivity contribution in [2.75, 3.05) is 20.3 Å². The van der Waals surface area contributed by atoms with Crippen LogP contribution < -0.4 is 5.32 Å². The third-order valence-electron chi connectivity index (χ3n) is 3.00. The summed E-state index contributed by atoms with van der Waals surface area (Å²) in [5.74, 6) is 0.0155. The summed E-state index contributed by atoms with van der Waals surface area (Å²) in [6.07, 6.45) is 1.98. The average molecular weight is 277 g/mol. The molecule has 0 saturated carbocycles. The summed E-state index contributed by atoms with van der Waals surface area (Å²) in [7, 11) is 1.63. The highest BCUT2D eigenvalue weighted by atomic mass is 32.1. The second-order valence-electron chi connectivity index (χ2n) is 4.40. The predicted molar refractivity (Wildman–Crippen MR) is 80.0 cm³/mol. The van der Waals surface area contributed by atoms with Crippen LogP contribution in [0.5, 0.6) is 0 Å². The maximum absolute atomic E-state index is 12.2. The van der Waals surface area contributed by atoms with Crippen molar-refractivity contribution in [1.29, 1.82) is 0 Å². The molecule has 1 aromatic carbocycles. The lowest BCUT2D eigenvalue weighted by atomic mass is 10.1. The second-order valence-corrected chi connectivity index (χ2v) is 5.46. The molecule has 0 bridgehead atoms. The van der Waals surface area contributed by atoms with Crippen LogP contribution in [0.1, 0.15) is 28.6 Å². The number of benzene rings is 1. The molecular weight excluding hydrogens is 258 g/mol.